The summed E-state index contributed by atoms with van der Waals surface area (Å²) in [5.74, 6) is -0.756. The number of aliphatic hydroxyl groups excluding tert-OH is 1. The lowest BCUT2D eigenvalue weighted by atomic mass is 9.96. The van der Waals surface area contributed by atoms with Gasteiger partial charge in [-0.1, -0.05) is 0 Å². The van der Waals surface area contributed by atoms with Gasteiger partial charge < -0.3 is 24.1 Å². The summed E-state index contributed by atoms with van der Waals surface area (Å²) in [5, 5.41) is 9.95. The Balaban J connectivity index is 2.05. The van der Waals surface area contributed by atoms with Gasteiger partial charge >= 0.3 is 11.9 Å². The number of carbonyl (C=O) groups is 2. The SMILES string of the molecule is COc1ncnc2c1ncn2[C@@H]1O[C@H](CO)[C@@H](OC(=O)C(C)(C)C)[C@@H]1OC(=O)C(C)(C)C. The lowest BCUT2D eigenvalue weighted by molar-refractivity contribution is -0.178. The summed E-state index contributed by atoms with van der Waals surface area (Å²) in [6.07, 6.45) is -1.21. The number of ether oxygens (including phenoxy) is 4. The lowest BCUT2D eigenvalue weighted by Crippen LogP contribution is -2.44. The summed E-state index contributed by atoms with van der Waals surface area (Å²) in [4.78, 5) is 38.0. The fraction of sp³-hybridized carbons (Fsp3) is 0.667. The third kappa shape index (κ3) is 4.53. The third-order valence-corrected chi connectivity index (χ3v) is 4.97. The van der Waals surface area contributed by atoms with E-state index in [1.54, 1.807) is 46.1 Å². The number of nitrogens with zero attached hydrogens (tertiary/aromatic N) is 4. The molecule has 176 valence electrons. The lowest BCUT2D eigenvalue weighted by Gasteiger charge is -2.29. The van der Waals surface area contributed by atoms with Crippen LogP contribution < -0.4 is 4.74 Å². The van der Waals surface area contributed by atoms with E-state index >= 15 is 0 Å². The normalized spacial score (nSPS) is 23.9. The third-order valence-electron chi connectivity index (χ3n) is 4.97. The molecule has 0 unspecified atom stereocenters. The molecule has 32 heavy (non-hydrogen) atoms. The van der Waals surface area contributed by atoms with Crippen LogP contribution in [-0.4, -0.2) is 68.6 Å². The Bertz CT molecular complexity index is 992. The minimum absolute atomic E-state index is 0.268. The summed E-state index contributed by atoms with van der Waals surface area (Å²) >= 11 is 0. The first-order valence-corrected chi connectivity index (χ1v) is 10.3. The Morgan fingerprint density at radius 3 is 2.16 bits per heavy atom. The number of aliphatic hydroxyl groups is 1. The van der Waals surface area contributed by atoms with Crippen molar-refractivity contribution in [3.63, 3.8) is 0 Å². The molecule has 3 heterocycles. The first-order chi connectivity index (χ1) is 14.9. The molecule has 0 saturated carbocycles. The van der Waals surface area contributed by atoms with Gasteiger partial charge in [0, 0.05) is 0 Å². The smallest absolute Gasteiger partial charge is 0.311 e. The van der Waals surface area contributed by atoms with Crippen molar-refractivity contribution < 1.29 is 33.6 Å². The van der Waals surface area contributed by atoms with Crippen molar-refractivity contribution in [3.05, 3.63) is 12.7 Å². The molecule has 0 radical (unpaired) electrons. The van der Waals surface area contributed by atoms with Crippen molar-refractivity contribution in [2.45, 2.75) is 66.1 Å². The second kappa shape index (κ2) is 8.62. The van der Waals surface area contributed by atoms with Gasteiger partial charge in [-0.25, -0.2) is 9.97 Å². The van der Waals surface area contributed by atoms with E-state index in [0.717, 1.165) is 0 Å². The highest BCUT2D eigenvalue weighted by molar-refractivity contribution is 5.77. The molecule has 0 spiro atoms. The molecule has 1 saturated heterocycles. The van der Waals surface area contributed by atoms with Crippen LogP contribution >= 0.6 is 0 Å². The van der Waals surface area contributed by atoms with E-state index in [-0.39, 0.29) is 5.88 Å². The molecule has 11 nitrogen and oxygen atoms in total. The number of hydrogen-bond acceptors (Lipinski definition) is 10. The van der Waals surface area contributed by atoms with Crippen molar-refractivity contribution >= 4 is 23.1 Å². The molecular formula is C21H30N4O7. The van der Waals surface area contributed by atoms with Crippen LogP contribution in [0.1, 0.15) is 47.8 Å². The molecule has 2 aromatic rings. The molecule has 1 N–H and O–H groups in total. The van der Waals surface area contributed by atoms with Gasteiger partial charge in [-0.2, -0.15) is 4.98 Å². The Hall–Kier alpha value is -2.79. The Labute approximate surface area is 186 Å². The van der Waals surface area contributed by atoms with E-state index in [0.29, 0.717) is 11.2 Å². The molecule has 2 aromatic heterocycles. The molecule has 4 atom stereocenters. The minimum Gasteiger partial charge on any atom is -0.479 e. The fourth-order valence-electron chi connectivity index (χ4n) is 3.11. The highest BCUT2D eigenvalue weighted by Crippen LogP contribution is 2.38. The average Bonchev–Trinajstić information content (AvgIpc) is 3.28. The number of esters is 2. The van der Waals surface area contributed by atoms with Gasteiger partial charge in [0.1, 0.15) is 12.4 Å². The summed E-state index contributed by atoms with van der Waals surface area (Å²) < 4.78 is 24.3. The van der Waals surface area contributed by atoms with Crippen LogP contribution in [0.5, 0.6) is 5.88 Å². The largest absolute Gasteiger partial charge is 0.479 e. The van der Waals surface area contributed by atoms with E-state index in [2.05, 4.69) is 15.0 Å². The first kappa shape index (κ1) is 23.9. The Kier molecular flexibility index (Phi) is 6.43. The van der Waals surface area contributed by atoms with Crippen molar-refractivity contribution in [2.24, 2.45) is 10.8 Å². The van der Waals surface area contributed by atoms with Crippen molar-refractivity contribution in [1.82, 2.24) is 19.5 Å². The molecule has 1 aliphatic rings. The summed E-state index contributed by atoms with van der Waals surface area (Å²) in [5.41, 5.74) is -0.865. The van der Waals surface area contributed by atoms with E-state index in [1.165, 1.54) is 19.8 Å². The zero-order valence-corrected chi connectivity index (χ0v) is 19.4. The van der Waals surface area contributed by atoms with Crippen LogP contribution in [0.3, 0.4) is 0 Å². The quantitative estimate of drug-likeness (QED) is 0.670. The van der Waals surface area contributed by atoms with Crippen LogP contribution in [0.15, 0.2) is 12.7 Å². The Morgan fingerprint density at radius 2 is 1.62 bits per heavy atom. The van der Waals surface area contributed by atoms with Gasteiger partial charge in [-0.15, -0.1) is 0 Å². The van der Waals surface area contributed by atoms with E-state index in [4.69, 9.17) is 18.9 Å². The monoisotopic (exact) mass is 450 g/mol. The number of aromatic nitrogens is 4. The Morgan fingerprint density at radius 1 is 1.03 bits per heavy atom. The topological polar surface area (TPSA) is 135 Å². The molecule has 0 bridgehead atoms. The zero-order valence-electron chi connectivity index (χ0n) is 19.4. The van der Waals surface area contributed by atoms with E-state index in [1.807, 2.05) is 0 Å². The van der Waals surface area contributed by atoms with Gasteiger partial charge in [-0.05, 0) is 41.5 Å². The van der Waals surface area contributed by atoms with Crippen molar-refractivity contribution in [3.8, 4) is 5.88 Å². The van der Waals surface area contributed by atoms with Crippen LogP contribution in [-0.2, 0) is 23.8 Å². The first-order valence-electron chi connectivity index (χ1n) is 10.3. The average molecular weight is 450 g/mol. The summed E-state index contributed by atoms with van der Waals surface area (Å²) in [6, 6.07) is 0. The van der Waals surface area contributed by atoms with Crippen LogP contribution in [0.25, 0.3) is 11.2 Å². The molecule has 1 aliphatic heterocycles. The number of imidazole rings is 1. The fourth-order valence-corrected chi connectivity index (χ4v) is 3.11. The van der Waals surface area contributed by atoms with E-state index in [9.17, 15) is 14.7 Å². The molecule has 1 fully saturated rings. The molecule has 0 aliphatic carbocycles. The second-order valence-corrected chi connectivity index (χ2v) is 9.69. The maximum absolute atomic E-state index is 12.8. The van der Waals surface area contributed by atoms with Gasteiger partial charge in [0.15, 0.2) is 29.6 Å². The standard InChI is InChI=1S/C21H30N4O7/c1-20(2,3)18(27)31-13-11(8-26)30-17(14(13)32-19(28)21(4,5)6)25-10-24-12-15(25)22-9-23-16(12)29-7/h9-11,13-14,17,26H,8H2,1-7H3/t11-,13-,14+,17-/m1/s1. The van der Waals surface area contributed by atoms with E-state index < -0.39 is 53.9 Å². The van der Waals surface area contributed by atoms with Crippen LogP contribution in [0.4, 0.5) is 0 Å². The predicted molar refractivity (Wildman–Crippen MR) is 112 cm³/mol. The predicted octanol–water partition coefficient (Wildman–Crippen LogP) is 1.64. The molecule has 11 heteroatoms. The van der Waals surface area contributed by atoms with Gasteiger partial charge in [0.2, 0.25) is 5.88 Å². The second-order valence-electron chi connectivity index (χ2n) is 9.69. The molecule has 0 amide bonds. The number of carbonyl (C=O) groups excluding carboxylic acids is 2. The van der Waals surface area contributed by atoms with Crippen LogP contribution in [0, 0.1) is 10.8 Å². The van der Waals surface area contributed by atoms with Crippen molar-refractivity contribution in [2.75, 3.05) is 13.7 Å². The highest BCUT2D eigenvalue weighted by Gasteiger charge is 2.52. The molecular weight excluding hydrogens is 420 g/mol. The number of fused-ring (bicyclic) bond motifs is 1. The maximum atomic E-state index is 12.8. The summed E-state index contributed by atoms with van der Waals surface area (Å²) in [6.45, 7) is 9.81. The molecule has 0 aromatic carbocycles. The number of rotatable bonds is 5. The molecule has 3 rings (SSSR count). The minimum atomic E-state index is -1.05. The van der Waals surface area contributed by atoms with Gasteiger partial charge in [-0.3, -0.25) is 14.2 Å². The van der Waals surface area contributed by atoms with Gasteiger partial charge in [0.05, 0.1) is 30.9 Å². The maximum Gasteiger partial charge on any atom is 0.311 e. The number of methoxy groups -OCH3 is 1. The number of hydrogen-bond donors (Lipinski definition) is 1. The summed E-state index contributed by atoms with van der Waals surface area (Å²) in [7, 11) is 1.46. The van der Waals surface area contributed by atoms with Crippen LogP contribution in [0.2, 0.25) is 0 Å². The van der Waals surface area contributed by atoms with Crippen molar-refractivity contribution in [1.29, 1.82) is 0 Å². The highest BCUT2D eigenvalue weighted by atomic mass is 16.6. The van der Waals surface area contributed by atoms with Gasteiger partial charge in [0.25, 0.3) is 0 Å². The zero-order chi connectivity index (χ0) is 23.8.